The zero-order valence-electron chi connectivity index (χ0n) is 48.9. The molecule has 0 fully saturated rings. The van der Waals surface area contributed by atoms with Gasteiger partial charge < -0.3 is 39.4 Å². The lowest BCUT2D eigenvalue weighted by Gasteiger charge is -2.21. The summed E-state index contributed by atoms with van der Waals surface area (Å²) < 4.78 is 25.8. The van der Waals surface area contributed by atoms with Crippen LogP contribution in [0.4, 0.5) is 0 Å². The van der Waals surface area contributed by atoms with Gasteiger partial charge in [0, 0.05) is 25.7 Å². The minimum atomic E-state index is -0.0154. The van der Waals surface area contributed by atoms with E-state index >= 15 is 0 Å². The lowest BCUT2D eigenvalue weighted by molar-refractivity contribution is 0.305. The summed E-state index contributed by atoms with van der Waals surface area (Å²) in [5, 5.41) is 49.9. The van der Waals surface area contributed by atoms with E-state index in [0.29, 0.717) is 67.5 Å². The topological polar surface area (TPSA) is 118 Å². The third-order valence-corrected chi connectivity index (χ3v) is 15.3. The number of hydrogen-bond donors (Lipinski definition) is 4. The number of rotatable bonds is 12. The van der Waals surface area contributed by atoms with Gasteiger partial charge in [-0.2, -0.15) is 0 Å². The fourth-order valence-electron chi connectivity index (χ4n) is 10.4. The fourth-order valence-corrected chi connectivity index (χ4v) is 10.4. The Kier molecular flexibility index (Phi) is 16.2. The van der Waals surface area contributed by atoms with E-state index in [1.807, 2.05) is 97.1 Å². The quantitative estimate of drug-likeness (QED) is 0.0956. The third-order valence-electron chi connectivity index (χ3n) is 15.3. The van der Waals surface area contributed by atoms with Gasteiger partial charge in [0.1, 0.15) is 72.4 Å². The third kappa shape index (κ3) is 13.8. The van der Waals surface area contributed by atoms with Crippen molar-refractivity contribution in [2.45, 2.75) is 157 Å². The second-order valence-corrected chi connectivity index (χ2v) is 26.0. The molecule has 1 aliphatic carbocycles. The molecule has 0 saturated carbocycles. The van der Waals surface area contributed by atoms with Gasteiger partial charge in [-0.25, -0.2) is 0 Å². The average molecular weight is 1070 g/mol. The molecule has 4 N–H and O–H groups in total. The molecule has 8 nitrogen and oxygen atoms in total. The Hall–Kier alpha value is -7.84. The molecule has 1 aliphatic rings. The molecule has 0 heterocycles. The van der Waals surface area contributed by atoms with Gasteiger partial charge in [-0.3, -0.25) is 0 Å². The van der Waals surface area contributed by atoms with E-state index < -0.39 is 0 Å². The van der Waals surface area contributed by atoms with Crippen LogP contribution in [0, 0.1) is 0 Å². The molecule has 8 bridgehead atoms. The van der Waals surface area contributed by atoms with Gasteiger partial charge in [-0.15, -0.1) is 0 Å². The van der Waals surface area contributed by atoms with Gasteiger partial charge >= 0.3 is 0 Å². The molecule has 416 valence electrons. The minimum Gasteiger partial charge on any atom is -0.507 e. The van der Waals surface area contributed by atoms with Crippen LogP contribution in [0.2, 0.25) is 0 Å². The number of phenols is 4. The maximum atomic E-state index is 12.5. The second kappa shape index (κ2) is 22.7. The summed E-state index contributed by atoms with van der Waals surface area (Å²) in [7, 11) is 0. The van der Waals surface area contributed by atoms with E-state index in [4.69, 9.17) is 18.9 Å². The highest BCUT2D eigenvalue weighted by atomic mass is 16.5. The molecule has 0 atom stereocenters. The van der Waals surface area contributed by atoms with Crippen LogP contribution in [-0.2, 0) is 73.8 Å². The molecule has 8 heteroatoms. The molecular weight excluding hydrogens is 993 g/mol. The molecule has 0 spiro atoms. The highest BCUT2D eigenvalue weighted by Crippen LogP contribution is 2.41. The van der Waals surface area contributed by atoms with E-state index in [1.165, 1.54) is 22.3 Å². The number of phenolic OH excluding ortho intramolecular Hbond substituents is 4. The molecule has 9 rings (SSSR count). The Morgan fingerprint density at radius 3 is 0.550 bits per heavy atom. The Morgan fingerprint density at radius 1 is 0.263 bits per heavy atom. The number of hydrogen-bond acceptors (Lipinski definition) is 8. The summed E-state index contributed by atoms with van der Waals surface area (Å²) in [6.07, 6.45) is 0.604. The Morgan fingerprint density at radius 2 is 0.412 bits per heavy atom. The van der Waals surface area contributed by atoms with E-state index in [9.17, 15) is 20.4 Å². The molecule has 8 aromatic rings. The van der Waals surface area contributed by atoms with Crippen LogP contribution in [0.25, 0.3) is 0 Å². The van der Waals surface area contributed by atoms with E-state index in [0.717, 1.165) is 22.3 Å². The van der Waals surface area contributed by atoms with Gasteiger partial charge in [0.15, 0.2) is 0 Å². The number of aromatic hydroxyl groups is 4. The van der Waals surface area contributed by atoms with Crippen molar-refractivity contribution < 1.29 is 39.4 Å². The van der Waals surface area contributed by atoms with Crippen molar-refractivity contribution in [3.05, 3.63) is 235 Å². The molecular formula is C72H80O8. The Bertz CT molecular complexity index is 2910. The SMILES string of the molecule is CC(C)(C)c1ccc(OCc2cc3c(O)c(c2)Cc2cc(COc4ccc(C(C)(C)C)cc4)cc(c2O)Cc2cc(COc4ccc(C(C)(C)C)cc4)cc(c2O)Cc2cc(COc4ccc(C(C)(C)C)cc4)cc(c2O)C3)cc1. The summed E-state index contributed by atoms with van der Waals surface area (Å²) in [5.74, 6) is 3.07. The van der Waals surface area contributed by atoms with Crippen molar-refractivity contribution in [3.8, 4) is 46.0 Å². The van der Waals surface area contributed by atoms with Crippen LogP contribution < -0.4 is 18.9 Å². The van der Waals surface area contributed by atoms with E-state index in [-0.39, 0.29) is 96.8 Å². The first kappa shape index (κ1) is 56.9. The van der Waals surface area contributed by atoms with Crippen LogP contribution in [0.15, 0.2) is 146 Å². The number of fused-ring (bicyclic) bond motifs is 8. The predicted octanol–water partition coefficient (Wildman–Crippen LogP) is 16.7. The summed E-state index contributed by atoms with van der Waals surface area (Å²) in [6.45, 7) is 27.0. The Balaban J connectivity index is 1.16. The van der Waals surface area contributed by atoms with Gasteiger partial charge in [0.05, 0.1) is 0 Å². The first-order valence-electron chi connectivity index (χ1n) is 28.0. The highest BCUT2D eigenvalue weighted by molar-refractivity contribution is 5.58. The van der Waals surface area contributed by atoms with Crippen molar-refractivity contribution in [1.82, 2.24) is 0 Å². The lowest BCUT2D eigenvalue weighted by Crippen LogP contribution is -2.10. The van der Waals surface area contributed by atoms with Crippen molar-refractivity contribution in [3.63, 3.8) is 0 Å². The standard InChI is InChI=1S/C72H80O8/c1-69(2,3)57-13-21-61(22-14-57)77-41-45-29-49-37-51-31-46(42-78-62-23-15-58(16-24-62)70(4,5)6)33-53(66(51)74)39-55-35-48(44-80-64-27-19-60(20-28-64)72(10,11)12)36-56(68(55)76)40-54-34-47(32-52(67(54)75)38-50(30-45)65(49)73)43-79-63-25-17-59(18-26-63)71(7,8)9/h13-36,73-76H,37-44H2,1-12H3. The Labute approximate surface area is 474 Å². The smallest absolute Gasteiger partial charge is 0.122 e. The van der Waals surface area contributed by atoms with Gasteiger partial charge in [0.2, 0.25) is 0 Å². The van der Waals surface area contributed by atoms with E-state index in [2.05, 4.69) is 132 Å². The van der Waals surface area contributed by atoms with E-state index in [1.54, 1.807) is 0 Å². The maximum Gasteiger partial charge on any atom is 0.122 e. The molecule has 0 aromatic heterocycles. The van der Waals surface area contributed by atoms with Gasteiger partial charge in [-0.05, 0) is 208 Å². The second-order valence-electron chi connectivity index (χ2n) is 26.0. The van der Waals surface area contributed by atoms with Crippen LogP contribution >= 0.6 is 0 Å². The first-order valence-corrected chi connectivity index (χ1v) is 28.0. The van der Waals surface area contributed by atoms with Crippen LogP contribution in [0.1, 0.15) is 172 Å². The maximum absolute atomic E-state index is 12.5. The zero-order valence-corrected chi connectivity index (χ0v) is 48.9. The van der Waals surface area contributed by atoms with Crippen molar-refractivity contribution >= 4 is 0 Å². The van der Waals surface area contributed by atoms with Gasteiger partial charge in [0.25, 0.3) is 0 Å². The molecule has 0 aliphatic heterocycles. The number of ether oxygens (including phenoxy) is 4. The number of benzene rings is 8. The van der Waals surface area contributed by atoms with Crippen LogP contribution in [0.5, 0.6) is 46.0 Å². The summed E-state index contributed by atoms with van der Waals surface area (Å²) in [6, 6.07) is 48.1. The van der Waals surface area contributed by atoms with Crippen molar-refractivity contribution in [2.75, 3.05) is 0 Å². The molecule has 0 radical (unpaired) electrons. The first-order chi connectivity index (χ1) is 37.7. The van der Waals surface area contributed by atoms with Gasteiger partial charge in [-0.1, -0.05) is 132 Å². The molecule has 0 saturated heterocycles. The molecule has 0 amide bonds. The molecule has 8 aromatic carbocycles. The van der Waals surface area contributed by atoms with Crippen LogP contribution in [-0.4, -0.2) is 20.4 Å². The molecule has 80 heavy (non-hydrogen) atoms. The summed E-state index contributed by atoms with van der Waals surface area (Å²) in [4.78, 5) is 0. The molecule has 0 unspecified atom stereocenters. The van der Waals surface area contributed by atoms with Crippen LogP contribution in [0.3, 0.4) is 0 Å². The minimum absolute atomic E-state index is 0.0154. The fraction of sp³-hybridized carbons (Fsp3) is 0.333. The average Bonchev–Trinajstić information content (AvgIpc) is 3.41. The summed E-state index contributed by atoms with van der Waals surface area (Å²) >= 11 is 0. The van der Waals surface area contributed by atoms with Crippen molar-refractivity contribution in [1.29, 1.82) is 0 Å². The lowest BCUT2D eigenvalue weighted by atomic mass is 9.87. The zero-order chi connectivity index (χ0) is 57.3. The summed E-state index contributed by atoms with van der Waals surface area (Å²) in [5.41, 5.74) is 12.6. The predicted molar refractivity (Wildman–Crippen MR) is 322 cm³/mol. The normalized spacial score (nSPS) is 12.9. The largest absolute Gasteiger partial charge is 0.507 e. The van der Waals surface area contributed by atoms with Crippen molar-refractivity contribution in [2.24, 2.45) is 0 Å². The monoisotopic (exact) mass is 1070 g/mol. The highest BCUT2D eigenvalue weighted by Gasteiger charge is 2.24.